The smallest absolute Gasteiger partial charge is 0.182 e. The molecule has 3 aromatic carbocycles. The molecule has 0 saturated heterocycles. The van der Waals surface area contributed by atoms with Crippen LogP contribution in [0.25, 0.3) is 0 Å². The van der Waals surface area contributed by atoms with Crippen LogP contribution in [0.15, 0.2) is 72.8 Å². The Kier molecular flexibility index (Phi) is 14.3. The van der Waals surface area contributed by atoms with Gasteiger partial charge in [0, 0.05) is 7.14 Å². The van der Waals surface area contributed by atoms with Crippen LogP contribution in [0.1, 0.15) is 23.6 Å². The van der Waals surface area contributed by atoms with Gasteiger partial charge in [0.25, 0.3) is 0 Å². The second kappa shape index (κ2) is 15.8. The summed E-state index contributed by atoms with van der Waals surface area (Å²) in [5.74, 6) is -0.173. The molecule has 0 aliphatic rings. The van der Waals surface area contributed by atoms with Crippen LogP contribution >= 0.6 is 64.0 Å². The summed E-state index contributed by atoms with van der Waals surface area (Å²) in [4.78, 5) is 12.7. The monoisotopic (exact) mass is 760 g/mol. The van der Waals surface area contributed by atoms with E-state index < -0.39 is 41.4 Å². The topological polar surface area (TPSA) is 63.6 Å². The zero-order valence-corrected chi connectivity index (χ0v) is 24.4. The number of alkyl halides is 1. The van der Waals surface area contributed by atoms with Gasteiger partial charge in [-0.2, -0.15) is 0 Å². The number of carbonyl (C=O) groups is 1. The van der Waals surface area contributed by atoms with Crippen molar-refractivity contribution in [3.63, 3.8) is 0 Å². The Labute approximate surface area is 216 Å². The summed E-state index contributed by atoms with van der Waals surface area (Å²) < 4.78 is 18.9. The van der Waals surface area contributed by atoms with Crippen LogP contribution in [0.2, 0.25) is 0 Å². The summed E-state index contributed by atoms with van der Waals surface area (Å²) in [6.45, 7) is 5.66. The van der Waals surface area contributed by atoms with Gasteiger partial charge >= 0.3 is 86.2 Å². The fourth-order valence-electron chi connectivity index (χ4n) is 2.09. The number of rotatable bonds is 4. The Balaban J connectivity index is 0.000000239. The van der Waals surface area contributed by atoms with Gasteiger partial charge in [-0.3, -0.25) is 3.07 Å². The Morgan fingerprint density at radius 1 is 0.935 bits per heavy atom. The van der Waals surface area contributed by atoms with Crippen molar-refractivity contribution in [2.24, 2.45) is 0 Å². The van der Waals surface area contributed by atoms with Gasteiger partial charge in [-0.15, -0.1) is 0 Å². The SMILES string of the molecule is CC(=O)OI(C)c1ccc(C)cc1.Cc1ccc(I=O)cc1.OCc1ccc(I)cc1. The predicted molar refractivity (Wildman–Crippen MR) is 151 cm³/mol. The molecule has 0 saturated carbocycles. The molecule has 31 heavy (non-hydrogen) atoms. The van der Waals surface area contributed by atoms with Crippen molar-refractivity contribution in [3.05, 3.63) is 100 Å². The summed E-state index contributed by atoms with van der Waals surface area (Å²) in [5, 5.41) is 8.63. The molecule has 0 aliphatic carbocycles. The van der Waals surface area contributed by atoms with Gasteiger partial charge in [-0.05, 0) is 59.3 Å². The van der Waals surface area contributed by atoms with E-state index in [1.165, 1.54) is 25.2 Å². The summed E-state index contributed by atoms with van der Waals surface area (Å²) in [5.41, 5.74) is 3.42. The van der Waals surface area contributed by atoms with Crippen LogP contribution in [0.5, 0.6) is 0 Å². The van der Waals surface area contributed by atoms with E-state index in [-0.39, 0.29) is 12.6 Å². The first-order valence-electron chi connectivity index (χ1n) is 9.30. The number of hydrogen-bond acceptors (Lipinski definition) is 4. The standard InChI is InChI=1S/C10H13IO2.2C7H7IO/c1-8-4-6-10(7-5-8)11(3)13-9(2)12;1-6-2-4-7(8-9)5-3-6;8-7-3-1-6(5-9)2-4-7/h4-7H,1-3H3;2-5H,1H3;1-4,9H,5H2. The number of aryl methyl sites for hydroxylation is 2. The third-order valence-corrected chi connectivity index (χ3v) is 9.44. The maximum absolute atomic E-state index is 10.7. The second-order valence-corrected chi connectivity index (χ2v) is 13.5. The van der Waals surface area contributed by atoms with Gasteiger partial charge < -0.3 is 5.11 Å². The van der Waals surface area contributed by atoms with E-state index in [0.717, 1.165) is 9.13 Å². The van der Waals surface area contributed by atoms with Crippen molar-refractivity contribution in [2.75, 3.05) is 4.93 Å². The van der Waals surface area contributed by atoms with E-state index in [0.29, 0.717) is 0 Å². The summed E-state index contributed by atoms with van der Waals surface area (Å²) in [7, 11) is 0. The normalized spacial score (nSPS) is 10.1. The van der Waals surface area contributed by atoms with Crippen molar-refractivity contribution in [3.8, 4) is 0 Å². The molecule has 3 aromatic rings. The summed E-state index contributed by atoms with van der Waals surface area (Å²) in [6.07, 6.45) is 0. The molecule has 0 heterocycles. The van der Waals surface area contributed by atoms with Crippen molar-refractivity contribution < 1.29 is 16.0 Å². The van der Waals surface area contributed by atoms with Crippen molar-refractivity contribution in [1.29, 1.82) is 0 Å². The van der Waals surface area contributed by atoms with E-state index >= 15 is 0 Å². The van der Waals surface area contributed by atoms with Gasteiger partial charge in [0.1, 0.15) is 0 Å². The van der Waals surface area contributed by atoms with E-state index in [4.69, 9.17) is 8.17 Å². The molecule has 7 heteroatoms. The third-order valence-electron chi connectivity index (χ3n) is 3.74. The molecule has 4 nitrogen and oxygen atoms in total. The molecule has 168 valence electrons. The molecule has 0 bridgehead atoms. The zero-order chi connectivity index (χ0) is 23.2. The van der Waals surface area contributed by atoms with Crippen LogP contribution in [-0.2, 0) is 17.5 Å². The molecule has 1 N–H and O–H groups in total. The molecule has 3 rings (SSSR count). The van der Waals surface area contributed by atoms with E-state index in [9.17, 15) is 7.86 Å². The van der Waals surface area contributed by atoms with E-state index in [1.54, 1.807) is 0 Å². The van der Waals surface area contributed by atoms with Crippen LogP contribution in [0, 0.1) is 24.6 Å². The molecular weight excluding hydrogens is 733 g/mol. The van der Waals surface area contributed by atoms with Gasteiger partial charge in [-0.1, -0.05) is 29.8 Å². The van der Waals surface area contributed by atoms with Crippen LogP contribution in [-0.4, -0.2) is 16.0 Å². The van der Waals surface area contributed by atoms with Gasteiger partial charge in [0.05, 0.1) is 6.61 Å². The minimum Gasteiger partial charge on any atom is -0.392 e. The second-order valence-electron chi connectivity index (χ2n) is 6.44. The average Bonchev–Trinajstić information content (AvgIpc) is 2.76. The average molecular weight is 760 g/mol. The third kappa shape index (κ3) is 12.6. The molecule has 0 aromatic heterocycles. The molecule has 0 atom stereocenters. The number of benzene rings is 3. The molecule has 0 fully saturated rings. The Morgan fingerprint density at radius 2 is 1.42 bits per heavy atom. The molecular formula is C24H27I3O4. The van der Waals surface area contributed by atoms with Crippen molar-refractivity contribution in [1.82, 2.24) is 0 Å². The Hall–Kier alpha value is -0.920. The van der Waals surface area contributed by atoms with Crippen LogP contribution in [0.4, 0.5) is 0 Å². The first kappa shape index (κ1) is 28.1. The molecule has 0 aliphatic heterocycles. The van der Waals surface area contributed by atoms with Gasteiger partial charge in [0.2, 0.25) is 0 Å². The summed E-state index contributed by atoms with van der Waals surface area (Å²) >= 11 is -0.381. The first-order chi connectivity index (χ1) is 14.7. The minimum absolute atomic E-state index is 0.136. The quantitative estimate of drug-likeness (QED) is 0.229. The minimum atomic E-state index is -1.66. The molecule has 0 radical (unpaired) electrons. The fourth-order valence-corrected chi connectivity index (χ4v) is 5.66. The van der Waals surface area contributed by atoms with Gasteiger partial charge in [-0.25, -0.2) is 0 Å². The number of halogens is 3. The molecule has 0 spiro atoms. The van der Waals surface area contributed by atoms with Crippen LogP contribution in [0.3, 0.4) is 0 Å². The maximum Gasteiger partial charge on any atom is 0.182 e. The number of hydrogen-bond donors (Lipinski definition) is 1. The van der Waals surface area contributed by atoms with Crippen molar-refractivity contribution in [2.45, 2.75) is 27.4 Å². The predicted octanol–water partition coefficient (Wildman–Crippen LogP) is 7.04. The van der Waals surface area contributed by atoms with Crippen LogP contribution < -0.4 is 0 Å². The molecule has 0 amide bonds. The number of aliphatic hydroxyl groups excluding tert-OH is 1. The maximum atomic E-state index is 10.7. The summed E-state index contributed by atoms with van der Waals surface area (Å²) in [6, 6.07) is 23.8. The Morgan fingerprint density at radius 3 is 1.84 bits per heavy atom. The zero-order valence-electron chi connectivity index (χ0n) is 17.9. The molecule has 0 unspecified atom stereocenters. The first-order valence-corrected chi connectivity index (χ1v) is 16.5. The van der Waals surface area contributed by atoms with Crippen molar-refractivity contribution >= 4 is 70.0 Å². The largest absolute Gasteiger partial charge is 0.392 e. The number of aliphatic hydroxyl groups is 1. The van der Waals surface area contributed by atoms with Gasteiger partial charge in [0.15, 0.2) is 21.2 Å². The van der Waals surface area contributed by atoms with E-state index in [1.807, 2.05) is 91.6 Å². The number of carbonyl (C=O) groups excluding carboxylic acids is 1. The fraction of sp³-hybridized carbons (Fsp3) is 0.208. The van der Waals surface area contributed by atoms with E-state index in [2.05, 4.69) is 22.6 Å². The Bertz CT molecular complexity index is 925.